The predicted molar refractivity (Wildman–Crippen MR) is 127 cm³/mol. The molecule has 2 aromatic rings. The minimum Gasteiger partial charge on any atom is -0.489 e. The van der Waals surface area contributed by atoms with Gasteiger partial charge >= 0.3 is 6.03 Å². The van der Waals surface area contributed by atoms with Crippen molar-refractivity contribution < 1.29 is 23.4 Å². The molecule has 6 nitrogen and oxygen atoms in total. The van der Waals surface area contributed by atoms with Crippen LogP contribution in [0, 0.1) is 11.7 Å². The molecule has 0 spiro atoms. The SMILES string of the molecule is CCC(C)CNC(=O)N(C)c1ccc(COc2cc(F)cc(C3(OC)CCOCC3)c2)cc1. The summed E-state index contributed by atoms with van der Waals surface area (Å²) in [7, 11) is 3.40. The van der Waals surface area contributed by atoms with Crippen LogP contribution in [0.25, 0.3) is 0 Å². The van der Waals surface area contributed by atoms with Crippen molar-refractivity contribution in [1.82, 2.24) is 5.32 Å². The van der Waals surface area contributed by atoms with E-state index in [4.69, 9.17) is 14.2 Å². The topological polar surface area (TPSA) is 60.0 Å². The standard InChI is InChI=1S/C26H35FN2O4/c1-5-19(2)17-28-25(30)29(3)23-8-6-20(7-9-23)18-33-24-15-21(14-22(27)16-24)26(31-4)10-12-32-13-11-26/h6-9,14-16,19H,5,10-13,17-18H2,1-4H3,(H,28,30). The van der Waals surface area contributed by atoms with E-state index in [0.29, 0.717) is 44.3 Å². The van der Waals surface area contributed by atoms with Gasteiger partial charge in [0.15, 0.2) is 0 Å². The molecular formula is C26H35FN2O4. The first-order chi connectivity index (χ1) is 15.9. The van der Waals surface area contributed by atoms with Crippen molar-refractivity contribution in [1.29, 1.82) is 0 Å². The zero-order valence-corrected chi connectivity index (χ0v) is 20.0. The Balaban J connectivity index is 1.62. The molecule has 1 N–H and O–H groups in total. The number of amides is 2. The summed E-state index contributed by atoms with van der Waals surface area (Å²) in [5.74, 6) is 0.541. The van der Waals surface area contributed by atoms with Crippen LogP contribution in [0.1, 0.15) is 44.2 Å². The Morgan fingerprint density at radius 3 is 2.55 bits per heavy atom. The highest BCUT2D eigenvalue weighted by atomic mass is 19.1. The highest BCUT2D eigenvalue weighted by Gasteiger charge is 2.35. The molecule has 33 heavy (non-hydrogen) atoms. The number of nitrogens with zero attached hydrogens (tertiary/aromatic N) is 1. The van der Waals surface area contributed by atoms with E-state index in [1.807, 2.05) is 30.3 Å². The van der Waals surface area contributed by atoms with Crippen LogP contribution in [-0.4, -0.2) is 39.9 Å². The van der Waals surface area contributed by atoms with Crippen molar-refractivity contribution in [3.63, 3.8) is 0 Å². The van der Waals surface area contributed by atoms with Crippen LogP contribution < -0.4 is 15.0 Å². The van der Waals surface area contributed by atoms with E-state index < -0.39 is 5.60 Å². The fourth-order valence-corrected chi connectivity index (χ4v) is 3.85. The third-order valence-electron chi connectivity index (χ3n) is 6.42. The number of carbonyl (C=O) groups is 1. The molecule has 1 fully saturated rings. The normalized spacial score (nSPS) is 16.2. The summed E-state index contributed by atoms with van der Waals surface area (Å²) < 4.78 is 31.5. The highest BCUT2D eigenvalue weighted by molar-refractivity contribution is 5.91. The lowest BCUT2D eigenvalue weighted by molar-refractivity contribution is -0.0950. The lowest BCUT2D eigenvalue weighted by Gasteiger charge is -2.36. The number of benzene rings is 2. The molecule has 3 rings (SSSR count). The van der Waals surface area contributed by atoms with E-state index in [9.17, 15) is 9.18 Å². The van der Waals surface area contributed by atoms with E-state index in [0.717, 1.165) is 23.2 Å². The van der Waals surface area contributed by atoms with Gasteiger partial charge in [0.05, 0.1) is 5.60 Å². The Kier molecular flexibility index (Phi) is 8.69. The summed E-state index contributed by atoms with van der Waals surface area (Å²) in [5, 5.41) is 2.95. The number of halogens is 1. The molecule has 2 aromatic carbocycles. The minimum absolute atomic E-state index is 0.133. The smallest absolute Gasteiger partial charge is 0.321 e. The van der Waals surface area contributed by atoms with Crippen molar-refractivity contribution in [2.24, 2.45) is 5.92 Å². The van der Waals surface area contributed by atoms with Gasteiger partial charge in [-0.2, -0.15) is 0 Å². The van der Waals surface area contributed by atoms with Gasteiger partial charge in [0.25, 0.3) is 0 Å². The number of anilines is 1. The molecule has 1 heterocycles. The van der Waals surface area contributed by atoms with Crippen LogP contribution in [-0.2, 0) is 21.7 Å². The van der Waals surface area contributed by atoms with Crippen molar-refractivity contribution in [2.75, 3.05) is 38.8 Å². The van der Waals surface area contributed by atoms with Crippen molar-refractivity contribution >= 4 is 11.7 Å². The molecule has 0 bridgehead atoms. The number of carbonyl (C=O) groups excluding carboxylic acids is 1. The molecule has 2 amide bonds. The zero-order chi connectivity index (χ0) is 23.8. The van der Waals surface area contributed by atoms with E-state index >= 15 is 0 Å². The molecule has 0 radical (unpaired) electrons. The molecule has 0 aliphatic carbocycles. The average molecular weight is 459 g/mol. The summed E-state index contributed by atoms with van der Waals surface area (Å²) >= 11 is 0. The molecule has 1 aliphatic rings. The van der Waals surface area contributed by atoms with Gasteiger partial charge in [-0.15, -0.1) is 0 Å². The van der Waals surface area contributed by atoms with E-state index in [1.54, 1.807) is 19.1 Å². The van der Waals surface area contributed by atoms with Gasteiger partial charge in [0, 0.05) is 58.5 Å². The third-order valence-corrected chi connectivity index (χ3v) is 6.42. The second-order valence-electron chi connectivity index (χ2n) is 8.70. The predicted octanol–water partition coefficient (Wildman–Crippen LogP) is 5.25. The number of hydrogen-bond acceptors (Lipinski definition) is 4. The van der Waals surface area contributed by atoms with Crippen molar-refractivity contribution in [2.45, 2.75) is 45.3 Å². The van der Waals surface area contributed by atoms with Crippen LogP contribution in [0.3, 0.4) is 0 Å². The second kappa shape index (κ2) is 11.5. The molecule has 7 heteroatoms. The molecule has 1 atom stereocenters. The summed E-state index contributed by atoms with van der Waals surface area (Å²) in [6.45, 7) is 6.31. The average Bonchev–Trinajstić information content (AvgIpc) is 2.85. The van der Waals surface area contributed by atoms with Gasteiger partial charge in [-0.25, -0.2) is 9.18 Å². The largest absolute Gasteiger partial charge is 0.489 e. The van der Waals surface area contributed by atoms with Gasteiger partial charge in [-0.3, -0.25) is 4.90 Å². The lowest BCUT2D eigenvalue weighted by atomic mass is 9.86. The Bertz CT molecular complexity index is 913. The molecule has 1 unspecified atom stereocenters. The molecule has 0 saturated carbocycles. The number of methoxy groups -OCH3 is 1. The van der Waals surface area contributed by atoms with Crippen LogP contribution in [0.5, 0.6) is 5.75 Å². The quantitative estimate of drug-likeness (QED) is 0.558. The Morgan fingerprint density at radius 1 is 1.21 bits per heavy atom. The second-order valence-corrected chi connectivity index (χ2v) is 8.70. The Morgan fingerprint density at radius 2 is 1.91 bits per heavy atom. The first-order valence-corrected chi connectivity index (χ1v) is 11.5. The molecule has 1 saturated heterocycles. The highest BCUT2D eigenvalue weighted by Crippen LogP contribution is 2.37. The number of hydrogen-bond donors (Lipinski definition) is 1. The summed E-state index contributed by atoms with van der Waals surface area (Å²) in [5.41, 5.74) is 1.92. The first kappa shape index (κ1) is 25.0. The monoisotopic (exact) mass is 458 g/mol. The number of nitrogens with one attached hydrogen (secondary N) is 1. The maximum atomic E-state index is 14.4. The number of ether oxygens (including phenoxy) is 3. The lowest BCUT2D eigenvalue weighted by Crippen LogP contribution is -2.39. The van der Waals surface area contributed by atoms with Crippen molar-refractivity contribution in [3.8, 4) is 5.75 Å². The van der Waals surface area contributed by atoms with Gasteiger partial charge < -0.3 is 19.5 Å². The number of urea groups is 1. The zero-order valence-electron chi connectivity index (χ0n) is 20.0. The summed E-state index contributed by atoms with van der Waals surface area (Å²) in [4.78, 5) is 13.9. The Hall–Kier alpha value is -2.64. The van der Waals surface area contributed by atoms with Gasteiger partial charge in [-0.05, 0) is 41.3 Å². The van der Waals surface area contributed by atoms with Crippen LogP contribution in [0.4, 0.5) is 14.9 Å². The Labute approximate surface area is 196 Å². The fraction of sp³-hybridized carbons (Fsp3) is 0.500. The molecule has 180 valence electrons. The number of rotatable bonds is 9. The third kappa shape index (κ3) is 6.45. The van der Waals surface area contributed by atoms with E-state index in [2.05, 4.69) is 19.2 Å². The maximum absolute atomic E-state index is 14.4. The maximum Gasteiger partial charge on any atom is 0.321 e. The fourth-order valence-electron chi connectivity index (χ4n) is 3.85. The van der Waals surface area contributed by atoms with Crippen LogP contribution >= 0.6 is 0 Å². The molecule has 0 aromatic heterocycles. The van der Waals surface area contributed by atoms with Crippen LogP contribution in [0.2, 0.25) is 0 Å². The van der Waals surface area contributed by atoms with Gasteiger partial charge in [-0.1, -0.05) is 32.4 Å². The van der Waals surface area contributed by atoms with Crippen LogP contribution in [0.15, 0.2) is 42.5 Å². The van der Waals surface area contributed by atoms with Gasteiger partial charge in [0.1, 0.15) is 18.2 Å². The summed E-state index contributed by atoms with van der Waals surface area (Å²) in [6.07, 6.45) is 2.37. The molecular weight excluding hydrogens is 423 g/mol. The van der Waals surface area contributed by atoms with Crippen molar-refractivity contribution in [3.05, 3.63) is 59.4 Å². The first-order valence-electron chi connectivity index (χ1n) is 11.5. The van der Waals surface area contributed by atoms with Gasteiger partial charge in [0.2, 0.25) is 0 Å². The minimum atomic E-state index is -0.555. The van der Waals surface area contributed by atoms with E-state index in [-0.39, 0.29) is 18.5 Å². The van der Waals surface area contributed by atoms with E-state index in [1.165, 1.54) is 12.1 Å². The summed E-state index contributed by atoms with van der Waals surface area (Å²) in [6, 6.07) is 12.2. The molecule has 1 aliphatic heterocycles.